The van der Waals surface area contributed by atoms with E-state index in [-0.39, 0.29) is 24.5 Å². The SMILES string of the molecule is CCc1cccc(OCCOC(=O)CNC(=O)C23CC4CC(CC(C4)C2)C3)c1. The third-order valence-electron chi connectivity index (χ3n) is 6.83. The molecule has 1 aromatic carbocycles. The van der Waals surface area contributed by atoms with E-state index in [0.29, 0.717) is 24.4 Å². The van der Waals surface area contributed by atoms with Crippen LogP contribution in [0.1, 0.15) is 51.0 Å². The first kappa shape index (κ1) is 19.3. The maximum atomic E-state index is 12.8. The highest BCUT2D eigenvalue weighted by Gasteiger charge is 2.54. The monoisotopic (exact) mass is 385 g/mol. The Morgan fingerprint density at radius 2 is 1.75 bits per heavy atom. The molecule has 4 bridgehead atoms. The summed E-state index contributed by atoms with van der Waals surface area (Å²) in [6.45, 7) is 2.54. The highest BCUT2D eigenvalue weighted by molar-refractivity contribution is 5.86. The number of ether oxygens (including phenoxy) is 2. The highest BCUT2D eigenvalue weighted by Crippen LogP contribution is 2.60. The summed E-state index contributed by atoms with van der Waals surface area (Å²) >= 11 is 0. The molecule has 4 fully saturated rings. The smallest absolute Gasteiger partial charge is 0.325 e. The Hall–Kier alpha value is -2.04. The number of esters is 1. The van der Waals surface area contributed by atoms with Gasteiger partial charge in [0.2, 0.25) is 5.91 Å². The molecule has 5 rings (SSSR count). The summed E-state index contributed by atoms with van der Waals surface area (Å²) in [6.07, 6.45) is 7.87. The van der Waals surface area contributed by atoms with Gasteiger partial charge in [0.25, 0.3) is 0 Å². The first-order chi connectivity index (χ1) is 13.6. The van der Waals surface area contributed by atoms with Crippen molar-refractivity contribution in [2.45, 2.75) is 51.9 Å². The van der Waals surface area contributed by atoms with E-state index >= 15 is 0 Å². The van der Waals surface area contributed by atoms with Gasteiger partial charge >= 0.3 is 5.97 Å². The number of benzene rings is 1. The van der Waals surface area contributed by atoms with Crippen molar-refractivity contribution in [1.29, 1.82) is 0 Å². The molecule has 0 aliphatic heterocycles. The van der Waals surface area contributed by atoms with E-state index in [0.717, 1.165) is 31.4 Å². The van der Waals surface area contributed by atoms with E-state index in [2.05, 4.69) is 18.3 Å². The van der Waals surface area contributed by atoms with Gasteiger partial charge in [-0.2, -0.15) is 0 Å². The van der Waals surface area contributed by atoms with Crippen molar-refractivity contribution >= 4 is 11.9 Å². The van der Waals surface area contributed by atoms with Crippen LogP contribution < -0.4 is 10.1 Å². The van der Waals surface area contributed by atoms with Crippen LogP contribution in [-0.4, -0.2) is 31.6 Å². The largest absolute Gasteiger partial charge is 0.490 e. The Morgan fingerprint density at radius 3 is 2.39 bits per heavy atom. The Bertz CT molecular complexity index is 694. The van der Waals surface area contributed by atoms with Gasteiger partial charge in [0.15, 0.2) is 0 Å². The molecule has 5 nitrogen and oxygen atoms in total. The first-order valence-corrected chi connectivity index (χ1v) is 10.7. The maximum Gasteiger partial charge on any atom is 0.325 e. The molecule has 0 unspecified atom stereocenters. The predicted molar refractivity (Wildman–Crippen MR) is 106 cm³/mol. The van der Waals surface area contributed by atoms with Gasteiger partial charge in [-0.05, 0) is 80.4 Å². The van der Waals surface area contributed by atoms with Crippen LogP contribution in [-0.2, 0) is 20.7 Å². The molecule has 0 radical (unpaired) electrons. The molecule has 4 saturated carbocycles. The minimum atomic E-state index is -0.399. The molecule has 0 atom stereocenters. The van der Waals surface area contributed by atoms with Crippen LogP contribution in [0.4, 0.5) is 0 Å². The van der Waals surface area contributed by atoms with Crippen molar-refractivity contribution in [3.05, 3.63) is 29.8 Å². The number of rotatable bonds is 8. The average molecular weight is 386 g/mol. The Morgan fingerprint density at radius 1 is 1.07 bits per heavy atom. The van der Waals surface area contributed by atoms with Crippen molar-refractivity contribution in [3.63, 3.8) is 0 Å². The zero-order valence-corrected chi connectivity index (χ0v) is 16.7. The predicted octanol–water partition coefficient (Wildman–Crippen LogP) is 3.50. The standard InChI is InChI=1S/C23H31NO4/c1-2-16-4-3-5-20(11-16)27-6-7-28-21(25)15-24-22(26)23-12-17-8-18(13-23)10-19(9-17)14-23/h3-5,11,17-19H,2,6-10,12-15H2,1H3,(H,24,26). The fourth-order valence-corrected chi connectivity index (χ4v) is 5.95. The molecule has 28 heavy (non-hydrogen) atoms. The fraction of sp³-hybridized carbons (Fsp3) is 0.652. The van der Waals surface area contributed by atoms with Crippen LogP contribution in [0.5, 0.6) is 5.75 Å². The molecule has 4 aliphatic carbocycles. The maximum absolute atomic E-state index is 12.8. The number of carbonyl (C=O) groups excluding carboxylic acids is 2. The molecule has 0 heterocycles. The zero-order chi connectivity index (χ0) is 19.6. The van der Waals surface area contributed by atoms with Gasteiger partial charge in [-0.1, -0.05) is 19.1 Å². The lowest BCUT2D eigenvalue weighted by Gasteiger charge is -2.55. The van der Waals surface area contributed by atoms with E-state index in [1.54, 1.807) is 0 Å². The van der Waals surface area contributed by atoms with Gasteiger partial charge in [-0.3, -0.25) is 9.59 Å². The fourth-order valence-electron chi connectivity index (χ4n) is 5.95. The Kier molecular flexibility index (Phi) is 5.61. The minimum Gasteiger partial charge on any atom is -0.490 e. The van der Waals surface area contributed by atoms with E-state index in [4.69, 9.17) is 9.47 Å². The minimum absolute atomic E-state index is 0.0497. The summed E-state index contributed by atoms with van der Waals surface area (Å²) in [5.74, 6) is 2.60. The van der Waals surface area contributed by atoms with Crippen molar-refractivity contribution in [2.75, 3.05) is 19.8 Å². The number of hydrogen-bond donors (Lipinski definition) is 1. The Balaban J connectivity index is 1.17. The van der Waals surface area contributed by atoms with Crippen LogP contribution in [0.15, 0.2) is 24.3 Å². The second kappa shape index (κ2) is 8.14. The van der Waals surface area contributed by atoms with Gasteiger partial charge in [0.1, 0.15) is 25.5 Å². The molecule has 5 heteroatoms. The normalized spacial score (nSPS) is 30.1. The lowest BCUT2D eigenvalue weighted by atomic mass is 9.49. The summed E-state index contributed by atoms with van der Waals surface area (Å²) in [7, 11) is 0. The molecule has 1 amide bonds. The van der Waals surface area contributed by atoms with E-state index in [1.165, 1.54) is 24.8 Å². The molecule has 0 aromatic heterocycles. The van der Waals surface area contributed by atoms with Crippen LogP contribution >= 0.6 is 0 Å². The van der Waals surface area contributed by atoms with Gasteiger partial charge in [0, 0.05) is 5.41 Å². The molecule has 0 spiro atoms. The summed E-state index contributed by atoms with van der Waals surface area (Å²) in [4.78, 5) is 24.8. The van der Waals surface area contributed by atoms with Gasteiger partial charge in [-0.25, -0.2) is 0 Å². The van der Waals surface area contributed by atoms with Gasteiger partial charge < -0.3 is 14.8 Å². The summed E-state index contributed by atoms with van der Waals surface area (Å²) in [6, 6.07) is 7.90. The molecule has 1 N–H and O–H groups in total. The lowest BCUT2D eigenvalue weighted by Crippen LogP contribution is -2.54. The summed E-state index contributed by atoms with van der Waals surface area (Å²) in [5.41, 5.74) is 0.990. The molecule has 4 aliphatic rings. The number of aryl methyl sites for hydroxylation is 1. The zero-order valence-electron chi connectivity index (χ0n) is 16.7. The number of hydrogen-bond acceptors (Lipinski definition) is 4. The van der Waals surface area contributed by atoms with E-state index in [9.17, 15) is 9.59 Å². The van der Waals surface area contributed by atoms with E-state index < -0.39 is 5.97 Å². The molecular formula is C23H31NO4. The number of carbonyl (C=O) groups is 2. The van der Waals surface area contributed by atoms with Crippen LogP contribution in [0, 0.1) is 23.2 Å². The molecule has 1 aromatic rings. The second-order valence-corrected chi connectivity index (χ2v) is 8.95. The first-order valence-electron chi connectivity index (χ1n) is 10.7. The van der Waals surface area contributed by atoms with Crippen molar-refractivity contribution in [3.8, 4) is 5.75 Å². The van der Waals surface area contributed by atoms with Crippen molar-refractivity contribution in [1.82, 2.24) is 5.32 Å². The quantitative estimate of drug-likeness (QED) is 0.549. The van der Waals surface area contributed by atoms with Crippen molar-refractivity contribution in [2.24, 2.45) is 23.2 Å². The van der Waals surface area contributed by atoms with Crippen LogP contribution in [0.3, 0.4) is 0 Å². The average Bonchev–Trinajstić information content (AvgIpc) is 2.68. The molecule has 152 valence electrons. The van der Waals surface area contributed by atoms with Crippen LogP contribution in [0.25, 0.3) is 0 Å². The lowest BCUT2D eigenvalue weighted by molar-refractivity contribution is -0.151. The second-order valence-electron chi connectivity index (χ2n) is 8.95. The Labute approximate surface area is 167 Å². The van der Waals surface area contributed by atoms with Crippen LogP contribution in [0.2, 0.25) is 0 Å². The number of nitrogens with one attached hydrogen (secondary N) is 1. The van der Waals surface area contributed by atoms with Gasteiger partial charge in [-0.15, -0.1) is 0 Å². The summed E-state index contributed by atoms with van der Waals surface area (Å²) < 4.78 is 10.8. The third-order valence-corrected chi connectivity index (χ3v) is 6.83. The molecular weight excluding hydrogens is 354 g/mol. The summed E-state index contributed by atoms with van der Waals surface area (Å²) in [5, 5.41) is 2.86. The highest BCUT2D eigenvalue weighted by atomic mass is 16.6. The van der Waals surface area contributed by atoms with Gasteiger partial charge in [0.05, 0.1) is 0 Å². The third kappa shape index (κ3) is 4.18. The number of amides is 1. The molecule has 0 saturated heterocycles. The van der Waals surface area contributed by atoms with E-state index in [1.807, 2.05) is 18.2 Å². The topological polar surface area (TPSA) is 64.6 Å². The van der Waals surface area contributed by atoms with Crippen molar-refractivity contribution < 1.29 is 19.1 Å².